The first-order chi connectivity index (χ1) is 59.9. The minimum Gasteiger partial charge on any atom is -0.496 e. The van der Waals surface area contributed by atoms with Gasteiger partial charge in [-0.05, 0) is 111 Å². The largest absolute Gasteiger partial charge is 0.496 e. The van der Waals surface area contributed by atoms with Gasteiger partial charge in [0.1, 0.15) is 41.7 Å². The minimum atomic E-state index is -0.926. The summed E-state index contributed by atoms with van der Waals surface area (Å²) < 4.78 is 45.4. The number of ether oxygens (including phenoxy) is 8. The van der Waals surface area contributed by atoms with E-state index in [4.69, 9.17) is 48.6 Å². The molecule has 5 aliphatic heterocycles. The van der Waals surface area contributed by atoms with Gasteiger partial charge in [-0.25, -0.2) is 19.6 Å². The van der Waals surface area contributed by atoms with Crippen molar-refractivity contribution in [1.29, 1.82) is 0 Å². The second-order valence-electron chi connectivity index (χ2n) is 31.8. The van der Waals surface area contributed by atoms with E-state index in [1.807, 2.05) is 13.0 Å². The number of fused-ring (bicyclic) bond motifs is 2. The van der Waals surface area contributed by atoms with Crippen LogP contribution in [0, 0.1) is 23.7 Å². The van der Waals surface area contributed by atoms with Crippen molar-refractivity contribution in [1.82, 2.24) is 51.3 Å². The second kappa shape index (κ2) is 48.8. The van der Waals surface area contributed by atoms with Crippen molar-refractivity contribution in [2.45, 2.75) is 186 Å². The summed E-state index contributed by atoms with van der Waals surface area (Å²) in [5.41, 5.74) is 9.73. The summed E-state index contributed by atoms with van der Waals surface area (Å²) >= 11 is 0. The van der Waals surface area contributed by atoms with Crippen molar-refractivity contribution in [2.24, 2.45) is 17.6 Å². The molecule has 6 heterocycles. The smallest absolute Gasteiger partial charge is 0.408 e. The van der Waals surface area contributed by atoms with E-state index in [1.165, 1.54) is 17.1 Å². The van der Waals surface area contributed by atoms with E-state index in [0.29, 0.717) is 162 Å². The molecule has 3 fully saturated rings. The first kappa shape index (κ1) is 95.1. The molecule has 670 valence electrons. The Labute approximate surface area is 722 Å². The van der Waals surface area contributed by atoms with Crippen LogP contribution in [0.3, 0.4) is 0 Å². The summed E-state index contributed by atoms with van der Waals surface area (Å²) in [5.74, 6) is 3.42. The van der Waals surface area contributed by atoms with Crippen molar-refractivity contribution >= 4 is 94.0 Å². The molecule has 10 rings (SSSR count). The molecule has 1 aliphatic carbocycles. The molecule has 35 heteroatoms. The third kappa shape index (κ3) is 28.5. The van der Waals surface area contributed by atoms with Crippen LogP contribution in [0.5, 0.6) is 5.75 Å². The molecule has 0 spiro atoms. The number of piperidine rings is 2. The number of nitrogens with two attached hydrogens (primary N) is 1. The highest BCUT2D eigenvalue weighted by atomic mass is 16.6. The van der Waals surface area contributed by atoms with Crippen molar-refractivity contribution in [3.63, 3.8) is 0 Å². The normalized spacial score (nSPS) is 17.4. The van der Waals surface area contributed by atoms with Crippen molar-refractivity contribution in [2.75, 3.05) is 141 Å². The molecular weight excluding hydrogens is 1600 g/mol. The Balaban J connectivity index is 0.642. The van der Waals surface area contributed by atoms with Gasteiger partial charge in [0, 0.05) is 163 Å². The lowest BCUT2D eigenvalue weighted by atomic mass is 9.89. The van der Waals surface area contributed by atoms with Gasteiger partial charge in [-0.3, -0.25) is 63.0 Å². The summed E-state index contributed by atoms with van der Waals surface area (Å²) in [7, 11) is 3.36. The number of amides is 12. The number of carbonyl (C=O) groups is 13. The molecule has 124 heavy (non-hydrogen) atoms. The Hall–Kier alpha value is -11.1. The molecule has 4 aromatic rings. The molecule has 3 aromatic carbocycles. The van der Waals surface area contributed by atoms with E-state index in [2.05, 4.69) is 58.5 Å². The van der Waals surface area contributed by atoms with Gasteiger partial charge in [0.05, 0.1) is 91.5 Å². The van der Waals surface area contributed by atoms with E-state index < -0.39 is 71.6 Å². The van der Waals surface area contributed by atoms with E-state index in [1.54, 1.807) is 93.7 Å². The number of imide groups is 2. The molecule has 2 unspecified atom stereocenters. The Bertz CT molecular complexity index is 4460. The molecule has 2 saturated heterocycles. The number of nitrogens with one attached hydrogen (secondary N) is 6. The zero-order chi connectivity index (χ0) is 88.4. The third-order valence-electron chi connectivity index (χ3n) is 22.6. The number of nitrogens with zero attached hydrogens (tertiary/aromatic N) is 7. The zero-order valence-corrected chi connectivity index (χ0v) is 71.6. The first-order valence-electron chi connectivity index (χ1n) is 43.1. The van der Waals surface area contributed by atoms with Crippen LogP contribution in [0.1, 0.15) is 179 Å². The van der Waals surface area contributed by atoms with Gasteiger partial charge in [0.2, 0.25) is 29.5 Å². The lowest BCUT2D eigenvalue weighted by Crippen LogP contribution is -2.55. The lowest BCUT2D eigenvalue weighted by Gasteiger charge is -2.43. The standard InChI is InChI=1S/C89H118N14O21/c1-6-71-87(114)99(4)73-55-92-76(96-82(73)103(71)67-14-7-8-15-67)54-61-20-21-63(53-75(61)117-5)84(111)94-66-30-36-100(37-31-66)39-43-119-41-33-65(25-22-60-12-9-17-69-70(60)56-102(86(69)113)72-26-27-77(106)98-85(72)112)95-89(116)124-57-59-18-23-64(24-19-59)93-83(110)62(13-10-35-91-88(90)115)52-74(105)81(58(2)3)97-78(107)34-42-120-45-47-122-49-51-123-50-48-121-46-44-118-40-11-16-68(104)32-38-101-79(108)28-29-80(101)109/h9,12,17-21,23-24,28-29,53,55,58,62,65-67,71-72,81H,6-8,10-11,13-16,26-27,30-52,54,56-57H2,1-5H3,(H,93,110)(H,94,111)(H,95,116)(H,97,107)(H3,90,91,115)(H,98,106,112)/t62-,65?,71-,72?,81+/m1/s1. The third-order valence-corrected chi connectivity index (χ3v) is 22.6. The van der Waals surface area contributed by atoms with Gasteiger partial charge in [-0.15, -0.1) is 0 Å². The molecule has 6 aliphatic rings. The maximum atomic E-state index is 14.0. The summed E-state index contributed by atoms with van der Waals surface area (Å²) in [6.07, 6.45) is 11.7. The molecule has 5 atom stereocenters. The summed E-state index contributed by atoms with van der Waals surface area (Å²) in [6.45, 7) is 11.2. The fourth-order valence-electron chi connectivity index (χ4n) is 15.7. The lowest BCUT2D eigenvalue weighted by molar-refractivity contribution is -0.138. The Morgan fingerprint density at radius 2 is 1.42 bits per heavy atom. The van der Waals surface area contributed by atoms with Crippen LogP contribution in [-0.4, -0.2) is 264 Å². The summed E-state index contributed by atoms with van der Waals surface area (Å²) in [5, 5.41) is 16.6. The number of anilines is 3. The van der Waals surface area contributed by atoms with E-state index in [9.17, 15) is 62.3 Å². The van der Waals surface area contributed by atoms with Crippen molar-refractivity contribution in [3.05, 3.63) is 118 Å². The number of carbonyl (C=O) groups excluding carboxylic acids is 13. The molecule has 0 bridgehead atoms. The predicted octanol–water partition coefficient (Wildman–Crippen LogP) is 5.53. The van der Waals surface area contributed by atoms with Gasteiger partial charge in [0.25, 0.3) is 23.6 Å². The fraction of sp³-hybridized carbons (Fsp3) is 0.562. The minimum absolute atomic E-state index is 0.0409. The first-order valence-corrected chi connectivity index (χ1v) is 43.1. The number of likely N-dealkylation sites (tertiary alicyclic amines) is 1. The molecule has 8 N–H and O–H groups in total. The molecule has 1 aromatic heterocycles. The van der Waals surface area contributed by atoms with Gasteiger partial charge in [-0.2, -0.15) is 0 Å². The van der Waals surface area contributed by atoms with Crippen LogP contribution in [0.15, 0.2) is 79.0 Å². The number of Topliss-reactive ketones (excluding diaryl/α,β-unsaturated/α-hetero) is 2. The van der Waals surface area contributed by atoms with E-state index in [-0.39, 0.29) is 157 Å². The Morgan fingerprint density at radius 1 is 0.734 bits per heavy atom. The van der Waals surface area contributed by atoms with E-state index >= 15 is 0 Å². The van der Waals surface area contributed by atoms with Crippen LogP contribution in [-0.2, 0) is 95.9 Å². The maximum Gasteiger partial charge on any atom is 0.408 e. The van der Waals surface area contributed by atoms with Crippen LogP contribution in [0.2, 0.25) is 0 Å². The van der Waals surface area contributed by atoms with Gasteiger partial charge in [-0.1, -0.05) is 69.7 Å². The molecular formula is C89H118N14O21. The highest BCUT2D eigenvalue weighted by Gasteiger charge is 2.43. The number of alkyl carbamates (subject to hydrolysis) is 1. The number of rotatable bonds is 50. The number of likely N-dealkylation sites (N-methyl/N-ethyl adjacent to an activating group) is 1. The van der Waals surface area contributed by atoms with Crippen molar-refractivity contribution in [3.8, 4) is 17.6 Å². The molecule has 35 nitrogen and oxygen atoms in total. The second-order valence-corrected chi connectivity index (χ2v) is 31.8. The highest BCUT2D eigenvalue weighted by Crippen LogP contribution is 2.40. The number of aromatic nitrogens is 2. The number of hydrogen-bond donors (Lipinski definition) is 7. The van der Waals surface area contributed by atoms with Crippen LogP contribution < -0.4 is 52.2 Å². The Morgan fingerprint density at radius 3 is 2.09 bits per heavy atom. The number of ketones is 2. The number of methoxy groups -OCH3 is 1. The molecule has 1 saturated carbocycles. The van der Waals surface area contributed by atoms with Crippen LogP contribution in [0.25, 0.3) is 0 Å². The van der Waals surface area contributed by atoms with Gasteiger partial charge >= 0.3 is 12.1 Å². The molecule has 0 radical (unpaired) electrons. The zero-order valence-electron chi connectivity index (χ0n) is 71.6. The SMILES string of the molecule is CC[C@@H]1C(=O)N(C)c2cnc(Cc3ccc(C(=O)NC4CCN(CCOCCC(C#Cc5cccc6c5CN(C5CCC(=O)NC5=O)C6=O)NC(=O)OCc5ccc(NC(=O)[C@H](CCCNC(N)=O)CC(=O)[C@@H](NC(=O)CCOCCOCCOCCOCCOCCCC(=O)CCN6C(=O)C=CC6=O)C(C)C)cc5)CC4)cc3OC)nc2N1C1CCCC1. The number of primary amides is 1. The quantitative estimate of drug-likeness (QED) is 0.0162. The number of urea groups is 1. The topological polar surface area (TPSA) is 436 Å². The average Bonchev–Trinajstić information content (AvgIpc) is 1.22. The molecule has 12 amide bonds. The number of benzene rings is 3. The monoisotopic (exact) mass is 1720 g/mol. The van der Waals surface area contributed by atoms with E-state index in [0.717, 1.165) is 42.0 Å². The van der Waals surface area contributed by atoms with Crippen LogP contribution >= 0.6 is 0 Å². The van der Waals surface area contributed by atoms with Gasteiger partial charge < -0.3 is 89.8 Å². The van der Waals surface area contributed by atoms with Crippen LogP contribution in [0.4, 0.5) is 26.8 Å². The Kier molecular flexibility index (Phi) is 37.4. The highest BCUT2D eigenvalue weighted by molar-refractivity contribution is 6.13. The fourth-order valence-corrected chi connectivity index (χ4v) is 15.7. The van der Waals surface area contributed by atoms with Crippen molar-refractivity contribution < 1.29 is 100 Å². The number of hydrogen-bond acceptors (Lipinski definition) is 25. The van der Waals surface area contributed by atoms with Gasteiger partial charge in [0.15, 0.2) is 11.6 Å². The summed E-state index contributed by atoms with van der Waals surface area (Å²) in [6, 6.07) is 13.6. The predicted molar refractivity (Wildman–Crippen MR) is 454 cm³/mol. The average molecular weight is 1720 g/mol. The summed E-state index contributed by atoms with van der Waals surface area (Å²) in [4.78, 5) is 186. The maximum absolute atomic E-state index is 14.0.